The van der Waals surface area contributed by atoms with Crippen LogP contribution in [0.3, 0.4) is 0 Å². The topological polar surface area (TPSA) is 55.1 Å². The number of carbonyl (C=O) groups excluding carboxylic acids is 1. The lowest BCUT2D eigenvalue weighted by molar-refractivity contribution is 0.102. The monoisotopic (exact) mass is 478 g/mol. The summed E-state index contributed by atoms with van der Waals surface area (Å²) in [7, 11) is 0. The molecule has 21 heavy (non-hydrogen) atoms. The van der Waals surface area contributed by atoms with Crippen LogP contribution in [0.4, 0.5) is 10.1 Å². The summed E-state index contributed by atoms with van der Waals surface area (Å²) in [5, 5.41) is 2.70. The number of hydrogen-bond donors (Lipinski definition) is 2. The minimum Gasteiger partial charge on any atom is -0.389 e. The van der Waals surface area contributed by atoms with Crippen LogP contribution < -0.4 is 11.1 Å². The molecule has 0 radical (unpaired) electrons. The van der Waals surface area contributed by atoms with Crippen LogP contribution in [0.1, 0.15) is 15.9 Å². The highest BCUT2D eigenvalue weighted by Crippen LogP contribution is 2.21. The molecule has 108 valence electrons. The van der Waals surface area contributed by atoms with Crippen LogP contribution in [-0.2, 0) is 0 Å². The molecule has 2 rings (SSSR count). The molecule has 0 saturated carbocycles. The normalized spacial score (nSPS) is 10.2. The van der Waals surface area contributed by atoms with Gasteiger partial charge in [0.2, 0.25) is 0 Å². The highest BCUT2D eigenvalue weighted by Gasteiger charge is 2.12. The molecule has 0 saturated heterocycles. The van der Waals surface area contributed by atoms with E-state index in [4.69, 9.17) is 18.0 Å². The number of hydrogen-bond acceptors (Lipinski definition) is 2. The Morgan fingerprint density at radius 2 is 1.95 bits per heavy atom. The number of halogens is 3. The van der Waals surface area contributed by atoms with Gasteiger partial charge in [-0.2, -0.15) is 0 Å². The Hall–Kier alpha value is -1.06. The highest BCUT2D eigenvalue weighted by atomic mass is 127. The number of carbonyl (C=O) groups is 1. The van der Waals surface area contributed by atoms with E-state index in [1.54, 1.807) is 6.07 Å². The second-order valence-electron chi connectivity index (χ2n) is 4.14. The van der Waals surface area contributed by atoms with Crippen LogP contribution in [-0.4, -0.2) is 10.9 Å². The second kappa shape index (κ2) is 6.80. The third kappa shape index (κ3) is 3.98. The first-order valence-corrected chi connectivity index (χ1v) is 8.02. The second-order valence-corrected chi connectivity index (χ2v) is 6.65. The quantitative estimate of drug-likeness (QED) is 0.516. The zero-order valence-electron chi connectivity index (χ0n) is 10.5. The molecule has 0 spiro atoms. The number of nitrogens with two attached hydrogens (primary N) is 1. The summed E-state index contributed by atoms with van der Waals surface area (Å²) in [6, 6.07) is 9.48. The average Bonchev–Trinajstić information content (AvgIpc) is 2.43. The van der Waals surface area contributed by atoms with Crippen molar-refractivity contribution in [3.8, 4) is 0 Å². The predicted molar refractivity (Wildman–Crippen MR) is 97.1 cm³/mol. The first-order chi connectivity index (χ1) is 9.88. The molecule has 2 aromatic carbocycles. The van der Waals surface area contributed by atoms with Crippen molar-refractivity contribution in [1.29, 1.82) is 0 Å². The molecular formula is C14H9BrFIN2OS. The Kier molecular flexibility index (Phi) is 5.28. The van der Waals surface area contributed by atoms with Gasteiger partial charge in [0.25, 0.3) is 5.91 Å². The fourth-order valence-electron chi connectivity index (χ4n) is 1.66. The molecule has 0 aliphatic carbocycles. The van der Waals surface area contributed by atoms with Crippen molar-refractivity contribution in [2.24, 2.45) is 5.73 Å². The van der Waals surface area contributed by atoms with Crippen molar-refractivity contribution in [3.05, 3.63) is 61.4 Å². The van der Waals surface area contributed by atoms with Gasteiger partial charge in [0, 0.05) is 19.3 Å². The molecule has 2 aromatic rings. The largest absolute Gasteiger partial charge is 0.389 e. The van der Waals surface area contributed by atoms with Crippen LogP contribution in [0.15, 0.2) is 40.9 Å². The molecule has 0 aromatic heterocycles. The highest BCUT2D eigenvalue weighted by molar-refractivity contribution is 14.1. The van der Waals surface area contributed by atoms with Crippen molar-refractivity contribution in [1.82, 2.24) is 0 Å². The first kappa shape index (κ1) is 16.3. The van der Waals surface area contributed by atoms with Crippen LogP contribution in [0.5, 0.6) is 0 Å². The Morgan fingerprint density at radius 1 is 1.24 bits per heavy atom. The zero-order chi connectivity index (χ0) is 15.6. The molecule has 3 nitrogen and oxygen atoms in total. The van der Waals surface area contributed by atoms with E-state index in [9.17, 15) is 9.18 Å². The van der Waals surface area contributed by atoms with Gasteiger partial charge >= 0.3 is 0 Å². The molecular weight excluding hydrogens is 470 g/mol. The molecule has 0 aliphatic heterocycles. The first-order valence-electron chi connectivity index (χ1n) is 5.74. The summed E-state index contributed by atoms with van der Waals surface area (Å²) in [5.41, 5.74) is 6.49. The van der Waals surface area contributed by atoms with Crippen LogP contribution in [0.2, 0.25) is 0 Å². The molecule has 1 amide bonds. The summed E-state index contributed by atoms with van der Waals surface area (Å²) in [6.07, 6.45) is 0. The van der Waals surface area contributed by atoms with Crippen LogP contribution >= 0.6 is 50.7 Å². The Balaban J connectivity index is 2.29. The van der Waals surface area contributed by atoms with Gasteiger partial charge in [-0.25, -0.2) is 4.39 Å². The summed E-state index contributed by atoms with van der Waals surface area (Å²) in [6.45, 7) is 0. The third-order valence-electron chi connectivity index (χ3n) is 2.66. The smallest absolute Gasteiger partial charge is 0.256 e. The summed E-state index contributed by atoms with van der Waals surface area (Å²) in [5.74, 6) is -0.807. The molecule has 0 bridgehead atoms. The summed E-state index contributed by atoms with van der Waals surface area (Å²) >= 11 is 10.2. The van der Waals surface area contributed by atoms with E-state index in [0.717, 1.165) is 8.04 Å². The van der Waals surface area contributed by atoms with E-state index in [-0.39, 0.29) is 16.5 Å². The van der Waals surface area contributed by atoms with Gasteiger partial charge in [0.05, 0.1) is 5.56 Å². The fourth-order valence-corrected chi connectivity index (χ4v) is 2.76. The van der Waals surface area contributed by atoms with Gasteiger partial charge in [-0.15, -0.1) is 0 Å². The molecule has 0 atom stereocenters. The SMILES string of the molecule is NC(=S)c1cc(NC(=O)c2cc(Br)ccc2I)ccc1F. The minimum absolute atomic E-state index is 0.0550. The van der Waals surface area contributed by atoms with E-state index in [1.807, 2.05) is 12.1 Å². The number of benzene rings is 2. The van der Waals surface area contributed by atoms with Crippen molar-refractivity contribution in [2.75, 3.05) is 5.32 Å². The third-order valence-corrected chi connectivity index (χ3v) is 4.32. The fraction of sp³-hybridized carbons (Fsp3) is 0. The number of amides is 1. The standard InChI is InChI=1S/C14H9BrFIN2OS/c15-7-1-4-12(17)10(5-7)14(20)19-8-2-3-11(16)9(6-8)13(18)21/h1-6H,(H2,18,21)(H,19,20). The number of anilines is 1. The lowest BCUT2D eigenvalue weighted by Crippen LogP contribution is -2.16. The van der Waals surface area contributed by atoms with Crippen molar-refractivity contribution in [3.63, 3.8) is 0 Å². The Bertz CT molecular complexity index is 739. The van der Waals surface area contributed by atoms with E-state index < -0.39 is 5.82 Å². The minimum atomic E-state index is -0.516. The average molecular weight is 479 g/mol. The molecule has 3 N–H and O–H groups in total. The van der Waals surface area contributed by atoms with Gasteiger partial charge in [-0.3, -0.25) is 4.79 Å². The van der Waals surface area contributed by atoms with Gasteiger partial charge in [-0.1, -0.05) is 28.1 Å². The molecule has 0 unspecified atom stereocenters. The van der Waals surface area contributed by atoms with Gasteiger partial charge in [0.15, 0.2) is 0 Å². The van der Waals surface area contributed by atoms with Crippen molar-refractivity contribution < 1.29 is 9.18 Å². The maximum absolute atomic E-state index is 13.5. The summed E-state index contributed by atoms with van der Waals surface area (Å²) < 4.78 is 15.1. The van der Waals surface area contributed by atoms with Crippen LogP contribution in [0.25, 0.3) is 0 Å². The van der Waals surface area contributed by atoms with Crippen molar-refractivity contribution >= 4 is 67.3 Å². The lowest BCUT2D eigenvalue weighted by Gasteiger charge is -2.09. The van der Waals surface area contributed by atoms with Gasteiger partial charge in [-0.05, 0) is 59.0 Å². The zero-order valence-corrected chi connectivity index (χ0v) is 15.1. The molecule has 0 aliphatic rings. The molecule has 0 heterocycles. The molecule has 0 fully saturated rings. The van der Waals surface area contributed by atoms with E-state index in [2.05, 4.69) is 43.8 Å². The van der Waals surface area contributed by atoms with E-state index in [0.29, 0.717) is 11.3 Å². The number of thiocarbonyl (C=S) groups is 1. The number of nitrogens with one attached hydrogen (secondary N) is 1. The Labute approximate surface area is 148 Å². The lowest BCUT2D eigenvalue weighted by atomic mass is 10.1. The predicted octanol–water partition coefficient (Wildman–Crippen LogP) is 4.08. The Morgan fingerprint density at radius 3 is 2.62 bits per heavy atom. The molecule has 7 heteroatoms. The van der Waals surface area contributed by atoms with Gasteiger partial charge in [0.1, 0.15) is 10.8 Å². The number of rotatable bonds is 3. The van der Waals surface area contributed by atoms with E-state index in [1.165, 1.54) is 18.2 Å². The van der Waals surface area contributed by atoms with E-state index >= 15 is 0 Å². The van der Waals surface area contributed by atoms with Gasteiger partial charge < -0.3 is 11.1 Å². The van der Waals surface area contributed by atoms with Crippen LogP contribution in [0, 0.1) is 9.39 Å². The maximum atomic E-state index is 13.5. The van der Waals surface area contributed by atoms with Crippen molar-refractivity contribution in [2.45, 2.75) is 0 Å². The maximum Gasteiger partial charge on any atom is 0.256 e. The summed E-state index contributed by atoms with van der Waals surface area (Å²) in [4.78, 5) is 12.2.